The Morgan fingerprint density at radius 1 is 1.42 bits per heavy atom. The minimum atomic E-state index is -0.351. The van der Waals surface area contributed by atoms with Crippen LogP contribution >= 0.6 is 45.3 Å². The standard InChI is InChI=1S/C11H9IN2O3S2/c1-17-9(15)3-7-5-19-11(13-7)14-10(16)6-2-8(12)18-4-6/h2,4-5H,3H2,1H3,(H,13,14,16). The van der Waals surface area contributed by atoms with E-state index in [4.69, 9.17) is 0 Å². The first-order valence-electron chi connectivity index (χ1n) is 5.15. The van der Waals surface area contributed by atoms with E-state index in [-0.39, 0.29) is 18.3 Å². The number of esters is 1. The first-order chi connectivity index (χ1) is 9.08. The first kappa shape index (κ1) is 14.4. The summed E-state index contributed by atoms with van der Waals surface area (Å²) in [5.41, 5.74) is 1.20. The zero-order valence-corrected chi connectivity index (χ0v) is 13.6. The van der Waals surface area contributed by atoms with Gasteiger partial charge in [-0.3, -0.25) is 14.9 Å². The number of halogens is 1. The van der Waals surface area contributed by atoms with Gasteiger partial charge in [0.1, 0.15) is 0 Å². The first-order valence-corrected chi connectivity index (χ1v) is 7.99. The van der Waals surface area contributed by atoms with E-state index in [0.29, 0.717) is 16.4 Å². The SMILES string of the molecule is COC(=O)Cc1csc(NC(=O)c2csc(I)c2)n1. The number of amides is 1. The fraction of sp³-hybridized carbons (Fsp3) is 0.182. The lowest BCUT2D eigenvalue weighted by Crippen LogP contribution is -2.11. The van der Waals surface area contributed by atoms with E-state index in [0.717, 1.165) is 2.88 Å². The molecular weight excluding hydrogens is 399 g/mol. The van der Waals surface area contributed by atoms with Gasteiger partial charge in [-0.1, -0.05) is 0 Å². The largest absolute Gasteiger partial charge is 0.469 e. The quantitative estimate of drug-likeness (QED) is 0.624. The molecule has 2 heterocycles. The number of carbonyl (C=O) groups is 2. The van der Waals surface area contributed by atoms with E-state index in [2.05, 4.69) is 37.6 Å². The summed E-state index contributed by atoms with van der Waals surface area (Å²) < 4.78 is 5.60. The number of thiazole rings is 1. The molecular formula is C11H9IN2O3S2. The Balaban J connectivity index is 2.00. The van der Waals surface area contributed by atoms with Crippen LogP contribution in [0.2, 0.25) is 0 Å². The lowest BCUT2D eigenvalue weighted by Gasteiger charge is -1.98. The van der Waals surface area contributed by atoms with Crippen LogP contribution in [-0.2, 0) is 16.0 Å². The zero-order valence-electron chi connectivity index (χ0n) is 9.81. The minimum Gasteiger partial charge on any atom is -0.469 e. The van der Waals surface area contributed by atoms with Gasteiger partial charge in [-0.15, -0.1) is 22.7 Å². The number of nitrogens with zero attached hydrogens (tertiary/aromatic N) is 1. The van der Waals surface area contributed by atoms with Crippen molar-refractivity contribution in [2.24, 2.45) is 0 Å². The zero-order chi connectivity index (χ0) is 13.8. The van der Waals surface area contributed by atoms with Crippen LogP contribution in [0.3, 0.4) is 0 Å². The number of rotatable bonds is 4. The molecule has 0 atom stereocenters. The van der Waals surface area contributed by atoms with Gasteiger partial charge < -0.3 is 4.74 Å². The van der Waals surface area contributed by atoms with Gasteiger partial charge in [0.15, 0.2) is 5.13 Å². The van der Waals surface area contributed by atoms with Crippen LogP contribution in [0.25, 0.3) is 0 Å². The van der Waals surface area contributed by atoms with E-state index in [9.17, 15) is 9.59 Å². The van der Waals surface area contributed by atoms with Gasteiger partial charge in [0.25, 0.3) is 5.91 Å². The average Bonchev–Trinajstić information content (AvgIpc) is 2.98. The molecule has 8 heteroatoms. The van der Waals surface area contributed by atoms with Crippen molar-refractivity contribution in [1.29, 1.82) is 0 Å². The second kappa shape index (κ2) is 6.44. The summed E-state index contributed by atoms with van der Waals surface area (Å²) in [4.78, 5) is 27.1. The number of carbonyl (C=O) groups excluding carboxylic acids is 2. The molecule has 2 aromatic heterocycles. The number of nitrogens with one attached hydrogen (secondary N) is 1. The number of hydrogen-bond acceptors (Lipinski definition) is 6. The van der Waals surface area contributed by atoms with Gasteiger partial charge in [-0.25, -0.2) is 4.98 Å². The molecule has 0 aliphatic carbocycles. The molecule has 1 N–H and O–H groups in total. The van der Waals surface area contributed by atoms with Gasteiger partial charge in [-0.05, 0) is 28.7 Å². The van der Waals surface area contributed by atoms with E-state index < -0.39 is 0 Å². The van der Waals surface area contributed by atoms with Crippen molar-refractivity contribution < 1.29 is 14.3 Å². The van der Waals surface area contributed by atoms with Crippen molar-refractivity contribution >= 4 is 62.3 Å². The van der Waals surface area contributed by atoms with Crippen LogP contribution in [0.15, 0.2) is 16.8 Å². The molecule has 2 rings (SSSR count). The molecule has 5 nitrogen and oxygen atoms in total. The maximum atomic E-state index is 11.9. The Morgan fingerprint density at radius 3 is 2.84 bits per heavy atom. The third kappa shape index (κ3) is 3.98. The number of aromatic nitrogens is 1. The number of anilines is 1. The van der Waals surface area contributed by atoms with Crippen LogP contribution in [0.4, 0.5) is 5.13 Å². The van der Waals surface area contributed by atoms with Crippen molar-refractivity contribution in [2.75, 3.05) is 12.4 Å². The normalized spacial score (nSPS) is 10.2. The minimum absolute atomic E-state index is 0.110. The highest BCUT2D eigenvalue weighted by molar-refractivity contribution is 14.1. The summed E-state index contributed by atoms with van der Waals surface area (Å²) >= 11 is 4.95. The van der Waals surface area contributed by atoms with E-state index in [1.165, 1.54) is 29.8 Å². The maximum absolute atomic E-state index is 11.9. The summed E-state index contributed by atoms with van der Waals surface area (Å²) in [6, 6.07) is 1.81. The van der Waals surface area contributed by atoms with E-state index in [1.54, 1.807) is 10.8 Å². The topological polar surface area (TPSA) is 68.3 Å². The second-order valence-electron chi connectivity index (χ2n) is 3.49. The predicted octanol–water partition coefficient (Wildman–Crippen LogP) is 2.78. The van der Waals surface area contributed by atoms with Gasteiger partial charge in [0.2, 0.25) is 0 Å². The van der Waals surface area contributed by atoms with Crippen molar-refractivity contribution in [3.63, 3.8) is 0 Å². The van der Waals surface area contributed by atoms with Crippen molar-refractivity contribution in [2.45, 2.75) is 6.42 Å². The lowest BCUT2D eigenvalue weighted by molar-refractivity contribution is -0.139. The summed E-state index contributed by atoms with van der Waals surface area (Å²) in [5.74, 6) is -0.548. The number of hydrogen-bond donors (Lipinski definition) is 1. The third-order valence-electron chi connectivity index (χ3n) is 2.15. The summed E-state index contributed by atoms with van der Waals surface area (Å²) in [5, 5.41) is 6.70. The highest BCUT2D eigenvalue weighted by Gasteiger charge is 2.12. The van der Waals surface area contributed by atoms with Gasteiger partial charge in [0.05, 0.1) is 27.7 Å². The summed E-state index contributed by atoms with van der Waals surface area (Å²) in [6.45, 7) is 0. The van der Waals surface area contributed by atoms with Crippen LogP contribution in [-0.4, -0.2) is 24.0 Å². The number of ether oxygens (including phenoxy) is 1. The Morgan fingerprint density at radius 2 is 2.21 bits per heavy atom. The van der Waals surface area contributed by atoms with Crippen molar-refractivity contribution in [3.05, 3.63) is 31.0 Å². The van der Waals surface area contributed by atoms with E-state index in [1.807, 2.05) is 6.07 Å². The molecule has 0 aliphatic rings. The van der Waals surface area contributed by atoms with Gasteiger partial charge in [0, 0.05) is 10.8 Å². The highest BCUT2D eigenvalue weighted by Crippen LogP contribution is 2.20. The number of thiophene rings is 1. The van der Waals surface area contributed by atoms with E-state index >= 15 is 0 Å². The fourth-order valence-corrected chi connectivity index (χ4v) is 3.30. The van der Waals surface area contributed by atoms with Crippen molar-refractivity contribution in [1.82, 2.24) is 4.98 Å². The molecule has 1 amide bonds. The molecule has 100 valence electrons. The molecule has 0 spiro atoms. The molecule has 0 aliphatic heterocycles. The Hall–Kier alpha value is -1.00. The van der Waals surface area contributed by atoms with Crippen LogP contribution in [0, 0.1) is 2.88 Å². The monoisotopic (exact) mass is 408 g/mol. The molecule has 0 bridgehead atoms. The summed E-state index contributed by atoms with van der Waals surface area (Å²) in [7, 11) is 1.33. The van der Waals surface area contributed by atoms with Gasteiger partial charge in [-0.2, -0.15) is 0 Å². The molecule has 0 saturated carbocycles. The molecule has 2 aromatic rings. The van der Waals surface area contributed by atoms with Crippen LogP contribution in [0.1, 0.15) is 16.1 Å². The maximum Gasteiger partial charge on any atom is 0.311 e. The summed E-state index contributed by atoms with van der Waals surface area (Å²) in [6.07, 6.45) is 0.110. The Labute approximate surface area is 131 Å². The average molecular weight is 408 g/mol. The van der Waals surface area contributed by atoms with Crippen molar-refractivity contribution in [3.8, 4) is 0 Å². The predicted molar refractivity (Wildman–Crippen MR) is 82.8 cm³/mol. The Bertz CT molecular complexity index is 609. The Kier molecular flexibility index (Phi) is 4.88. The lowest BCUT2D eigenvalue weighted by atomic mass is 10.3. The molecule has 19 heavy (non-hydrogen) atoms. The van der Waals surface area contributed by atoms with Crippen LogP contribution < -0.4 is 5.32 Å². The highest BCUT2D eigenvalue weighted by atomic mass is 127. The number of methoxy groups -OCH3 is 1. The fourth-order valence-electron chi connectivity index (χ4n) is 1.26. The third-order valence-corrected chi connectivity index (χ3v) is 4.75. The second-order valence-corrected chi connectivity index (χ2v) is 7.15. The molecule has 0 unspecified atom stereocenters. The smallest absolute Gasteiger partial charge is 0.311 e. The molecule has 0 fully saturated rings. The molecule has 0 saturated heterocycles. The van der Waals surface area contributed by atoms with Crippen LogP contribution in [0.5, 0.6) is 0 Å². The molecule has 0 aromatic carbocycles. The van der Waals surface area contributed by atoms with Gasteiger partial charge >= 0.3 is 5.97 Å². The molecule has 0 radical (unpaired) electrons.